The van der Waals surface area contributed by atoms with Crippen molar-refractivity contribution < 1.29 is 9.53 Å². The van der Waals surface area contributed by atoms with Crippen molar-refractivity contribution in [1.82, 2.24) is 0 Å². The third-order valence-electron chi connectivity index (χ3n) is 2.40. The van der Waals surface area contributed by atoms with Gasteiger partial charge < -0.3 is 4.74 Å². The molecule has 0 fully saturated rings. The van der Waals surface area contributed by atoms with Gasteiger partial charge in [0.05, 0.1) is 11.7 Å². The lowest BCUT2D eigenvalue weighted by Gasteiger charge is -2.10. The van der Waals surface area contributed by atoms with E-state index in [0.29, 0.717) is 5.56 Å². The zero-order valence-corrected chi connectivity index (χ0v) is 11.9. The predicted octanol–water partition coefficient (Wildman–Crippen LogP) is 4.01. The maximum absolute atomic E-state index is 11.9. The summed E-state index contributed by atoms with van der Waals surface area (Å²) in [6.07, 6.45) is -0.0928. The highest BCUT2D eigenvalue weighted by Gasteiger charge is 2.13. The van der Waals surface area contributed by atoms with Crippen LogP contribution in [0, 0.1) is 3.57 Å². The Morgan fingerprint density at radius 3 is 2.35 bits per heavy atom. The molecular weight excluding hydrogens is 327 g/mol. The van der Waals surface area contributed by atoms with Crippen molar-refractivity contribution >= 4 is 39.3 Å². The number of hydrogen-bond donors (Lipinski definition) is 0. The molecule has 0 saturated heterocycles. The van der Waals surface area contributed by atoms with Crippen LogP contribution in [0.15, 0.2) is 36.4 Å². The summed E-state index contributed by atoms with van der Waals surface area (Å²) >= 11 is 2.17. The summed E-state index contributed by atoms with van der Waals surface area (Å²) in [5.41, 5.74) is 0.637. The van der Waals surface area contributed by atoms with Gasteiger partial charge in [0.1, 0.15) is 0 Å². The van der Waals surface area contributed by atoms with Crippen molar-refractivity contribution in [2.24, 2.45) is 0 Å². The summed E-state index contributed by atoms with van der Waals surface area (Å²) in [4.78, 5) is 11.9. The fourth-order valence-corrected chi connectivity index (χ4v) is 2.36. The zero-order valence-electron chi connectivity index (χ0n) is 9.74. The molecule has 2 aromatic rings. The minimum absolute atomic E-state index is 0.0928. The van der Waals surface area contributed by atoms with Crippen molar-refractivity contribution in [3.63, 3.8) is 0 Å². The van der Waals surface area contributed by atoms with Gasteiger partial charge in [-0.25, -0.2) is 4.79 Å². The Kier molecular flexibility index (Phi) is 3.66. The van der Waals surface area contributed by atoms with Crippen LogP contribution in [0.1, 0.15) is 24.2 Å². The number of hydrogen-bond acceptors (Lipinski definition) is 2. The van der Waals surface area contributed by atoms with E-state index in [-0.39, 0.29) is 12.1 Å². The van der Waals surface area contributed by atoms with Crippen LogP contribution in [0.5, 0.6) is 0 Å². The van der Waals surface area contributed by atoms with Crippen LogP contribution >= 0.6 is 22.6 Å². The topological polar surface area (TPSA) is 26.3 Å². The van der Waals surface area contributed by atoms with Gasteiger partial charge in [-0.1, -0.05) is 24.3 Å². The van der Waals surface area contributed by atoms with Gasteiger partial charge in [0.25, 0.3) is 0 Å². The Balaban J connectivity index is 2.47. The lowest BCUT2D eigenvalue weighted by Crippen LogP contribution is -2.12. The summed E-state index contributed by atoms with van der Waals surface area (Å²) in [6.45, 7) is 3.71. The molecule has 17 heavy (non-hydrogen) atoms. The van der Waals surface area contributed by atoms with Crippen molar-refractivity contribution in [2.75, 3.05) is 0 Å². The number of fused-ring (bicyclic) bond motifs is 1. The Morgan fingerprint density at radius 2 is 1.76 bits per heavy atom. The van der Waals surface area contributed by atoms with Crippen LogP contribution in [-0.2, 0) is 4.74 Å². The van der Waals surface area contributed by atoms with E-state index < -0.39 is 0 Å². The van der Waals surface area contributed by atoms with Crippen molar-refractivity contribution in [3.05, 3.63) is 45.5 Å². The molecule has 0 bridgehead atoms. The van der Waals surface area contributed by atoms with Gasteiger partial charge in [-0.3, -0.25) is 0 Å². The molecule has 0 N–H and O–H groups in total. The molecule has 0 aliphatic rings. The fourth-order valence-electron chi connectivity index (χ4n) is 1.65. The summed E-state index contributed by atoms with van der Waals surface area (Å²) in [6, 6.07) is 11.9. The van der Waals surface area contributed by atoms with Crippen LogP contribution < -0.4 is 0 Å². The summed E-state index contributed by atoms with van der Waals surface area (Å²) in [5.74, 6) is -0.254. The van der Waals surface area contributed by atoms with E-state index in [1.54, 1.807) is 0 Å². The zero-order chi connectivity index (χ0) is 12.4. The van der Waals surface area contributed by atoms with Gasteiger partial charge in [-0.05, 0) is 59.3 Å². The van der Waals surface area contributed by atoms with Crippen molar-refractivity contribution in [1.29, 1.82) is 0 Å². The van der Waals surface area contributed by atoms with E-state index in [1.165, 1.54) is 0 Å². The van der Waals surface area contributed by atoms with Crippen molar-refractivity contribution in [2.45, 2.75) is 20.0 Å². The highest BCUT2D eigenvalue weighted by molar-refractivity contribution is 14.1. The van der Waals surface area contributed by atoms with Crippen LogP contribution in [0.2, 0.25) is 0 Å². The largest absolute Gasteiger partial charge is 0.459 e. The lowest BCUT2D eigenvalue weighted by molar-refractivity contribution is 0.0377. The Hall–Kier alpha value is -1.10. The molecule has 0 atom stereocenters. The van der Waals surface area contributed by atoms with Gasteiger partial charge in [-0.15, -0.1) is 0 Å². The molecule has 0 spiro atoms. The van der Waals surface area contributed by atoms with Crippen LogP contribution in [0.3, 0.4) is 0 Å². The van der Waals surface area contributed by atoms with Gasteiger partial charge in [-0.2, -0.15) is 0 Å². The molecule has 0 aromatic heterocycles. The van der Waals surface area contributed by atoms with E-state index in [4.69, 9.17) is 4.74 Å². The van der Waals surface area contributed by atoms with Crippen LogP contribution in [-0.4, -0.2) is 12.1 Å². The molecule has 0 saturated carbocycles. The number of ether oxygens (including phenoxy) is 1. The second-order valence-electron chi connectivity index (χ2n) is 4.13. The molecule has 2 aromatic carbocycles. The van der Waals surface area contributed by atoms with Gasteiger partial charge in [0, 0.05) is 3.57 Å². The fraction of sp³-hybridized carbons (Fsp3) is 0.214. The molecule has 0 amide bonds. The van der Waals surface area contributed by atoms with Crippen LogP contribution in [0.4, 0.5) is 0 Å². The van der Waals surface area contributed by atoms with Gasteiger partial charge in [0.15, 0.2) is 0 Å². The molecular formula is C14H13IO2. The Bertz CT molecular complexity index is 561. The number of halogens is 1. The molecule has 0 radical (unpaired) electrons. The van der Waals surface area contributed by atoms with Crippen molar-refractivity contribution in [3.8, 4) is 0 Å². The lowest BCUT2D eigenvalue weighted by atomic mass is 10.1. The predicted molar refractivity (Wildman–Crippen MR) is 77.2 cm³/mol. The standard InChI is InChI=1S/C14H13IO2/c1-9(2)17-14(16)12-7-10-5-3-4-6-11(10)8-13(12)15/h3-9H,1-2H3. The summed E-state index contributed by atoms with van der Waals surface area (Å²) in [5, 5.41) is 2.20. The highest BCUT2D eigenvalue weighted by Crippen LogP contribution is 2.22. The normalized spacial score (nSPS) is 10.8. The molecule has 2 nitrogen and oxygen atoms in total. The van der Waals surface area contributed by atoms with E-state index >= 15 is 0 Å². The number of carbonyl (C=O) groups excluding carboxylic acids is 1. The first kappa shape index (κ1) is 12.4. The number of rotatable bonds is 2. The summed E-state index contributed by atoms with van der Waals surface area (Å²) in [7, 11) is 0. The molecule has 0 heterocycles. The minimum atomic E-state index is -0.254. The van der Waals surface area contributed by atoms with E-state index in [9.17, 15) is 4.79 Å². The van der Waals surface area contributed by atoms with E-state index in [2.05, 4.69) is 22.6 Å². The first-order valence-corrected chi connectivity index (χ1v) is 6.55. The molecule has 0 aliphatic heterocycles. The molecule has 0 aliphatic carbocycles. The van der Waals surface area contributed by atoms with Crippen LogP contribution in [0.25, 0.3) is 10.8 Å². The first-order valence-electron chi connectivity index (χ1n) is 5.47. The summed E-state index contributed by atoms with van der Waals surface area (Å²) < 4.78 is 6.15. The number of benzene rings is 2. The second kappa shape index (κ2) is 5.04. The third-order valence-corrected chi connectivity index (χ3v) is 3.29. The second-order valence-corrected chi connectivity index (χ2v) is 5.30. The monoisotopic (exact) mass is 340 g/mol. The average Bonchev–Trinajstić information content (AvgIpc) is 2.27. The Morgan fingerprint density at radius 1 is 1.18 bits per heavy atom. The first-order chi connectivity index (χ1) is 8.08. The number of esters is 1. The molecule has 3 heteroatoms. The maximum Gasteiger partial charge on any atom is 0.339 e. The van der Waals surface area contributed by atoms with Gasteiger partial charge >= 0.3 is 5.97 Å². The Labute approximate surface area is 114 Å². The molecule has 2 rings (SSSR count). The smallest absolute Gasteiger partial charge is 0.339 e. The third kappa shape index (κ3) is 2.77. The highest BCUT2D eigenvalue weighted by atomic mass is 127. The maximum atomic E-state index is 11.9. The van der Waals surface area contributed by atoms with E-state index in [1.807, 2.05) is 50.2 Å². The SMILES string of the molecule is CC(C)OC(=O)c1cc2ccccc2cc1I. The van der Waals surface area contributed by atoms with Gasteiger partial charge in [0.2, 0.25) is 0 Å². The number of carbonyl (C=O) groups is 1. The van der Waals surface area contributed by atoms with E-state index in [0.717, 1.165) is 14.3 Å². The molecule has 0 unspecified atom stereocenters. The molecule has 88 valence electrons. The average molecular weight is 340 g/mol. The quantitative estimate of drug-likeness (QED) is 0.610. The minimum Gasteiger partial charge on any atom is -0.459 e.